The molecule has 1 saturated heterocycles. The van der Waals surface area contributed by atoms with E-state index in [1.165, 1.54) is 12.3 Å². The normalized spacial score (nSPS) is 22.0. The van der Waals surface area contributed by atoms with E-state index in [1.54, 1.807) is 20.8 Å². The van der Waals surface area contributed by atoms with Gasteiger partial charge in [0.15, 0.2) is 0 Å². The summed E-state index contributed by atoms with van der Waals surface area (Å²) >= 11 is 0. The molecule has 0 aliphatic carbocycles. The number of anilines is 1. The second-order valence-electron chi connectivity index (χ2n) is 8.64. The van der Waals surface area contributed by atoms with E-state index in [9.17, 15) is 18.4 Å². The van der Waals surface area contributed by atoms with Gasteiger partial charge in [-0.25, -0.2) is 18.4 Å². The van der Waals surface area contributed by atoms with Gasteiger partial charge >= 0.3 is 11.8 Å². The molecule has 0 radical (unpaired) electrons. The first-order valence-corrected chi connectivity index (χ1v) is 9.79. The predicted octanol–water partition coefficient (Wildman–Crippen LogP) is 2.12. The van der Waals surface area contributed by atoms with Crippen LogP contribution in [0.15, 0.2) is 17.1 Å². The Morgan fingerprint density at radius 1 is 1.47 bits per heavy atom. The third-order valence-corrected chi connectivity index (χ3v) is 4.48. The highest BCUT2D eigenvalue weighted by atomic mass is 19.3. The zero-order valence-electron chi connectivity index (χ0n) is 17.8. The number of halogens is 2. The number of aliphatic hydroxyl groups excluding tert-OH is 1. The number of aliphatic hydroxyl groups is 1. The summed E-state index contributed by atoms with van der Waals surface area (Å²) in [6.07, 6.45) is -2.93. The molecule has 0 aromatic carbocycles. The molecule has 2 heterocycles. The SMILES string of the molecule is CC(C)C(CNc1ccn([C@@H]2O[C@@H](CO)CC2(F)F)c(=O)n1)NC(=O)OC(C)(C)C. The Balaban J connectivity index is 2.04. The average Bonchev–Trinajstić information content (AvgIpc) is 2.91. The first-order valence-electron chi connectivity index (χ1n) is 9.79. The lowest BCUT2D eigenvalue weighted by atomic mass is 10.0. The fraction of sp³-hybridized carbons (Fsp3) is 0.737. The van der Waals surface area contributed by atoms with Gasteiger partial charge in [0.2, 0.25) is 6.23 Å². The van der Waals surface area contributed by atoms with Crippen LogP contribution in [0.25, 0.3) is 0 Å². The summed E-state index contributed by atoms with van der Waals surface area (Å²) in [4.78, 5) is 28.1. The summed E-state index contributed by atoms with van der Waals surface area (Å²) in [6, 6.07) is 1.05. The molecule has 2 rings (SSSR count). The number of hydrogen-bond acceptors (Lipinski definition) is 7. The highest BCUT2D eigenvalue weighted by molar-refractivity contribution is 5.68. The standard InChI is InChI=1S/C19H30F2N4O5/c1-11(2)13(23-17(28)30-18(3,4)5)9-22-14-6-7-25(16(27)24-14)15-19(20,21)8-12(10-26)29-15/h6-7,11-13,15,26H,8-10H2,1-5H3,(H,23,28)(H,22,24,27)/t12-,13?,15-/m1/s1. The van der Waals surface area contributed by atoms with Crippen molar-refractivity contribution in [2.75, 3.05) is 18.5 Å². The number of amides is 1. The average molecular weight is 432 g/mol. The van der Waals surface area contributed by atoms with Gasteiger partial charge in [-0.05, 0) is 32.8 Å². The van der Waals surface area contributed by atoms with Crippen molar-refractivity contribution in [2.24, 2.45) is 5.92 Å². The van der Waals surface area contributed by atoms with Crippen molar-refractivity contribution in [2.45, 2.75) is 70.9 Å². The van der Waals surface area contributed by atoms with E-state index < -0.39 is 48.7 Å². The third-order valence-electron chi connectivity index (χ3n) is 4.48. The van der Waals surface area contributed by atoms with E-state index in [-0.39, 0.29) is 24.3 Å². The molecule has 170 valence electrons. The Bertz CT molecular complexity index is 794. The number of alkyl carbamates (subject to hydrolysis) is 1. The number of rotatable bonds is 7. The lowest BCUT2D eigenvalue weighted by Crippen LogP contribution is -2.45. The van der Waals surface area contributed by atoms with E-state index in [0.717, 1.165) is 0 Å². The zero-order valence-corrected chi connectivity index (χ0v) is 17.8. The van der Waals surface area contributed by atoms with Crippen LogP contribution in [-0.4, -0.2) is 57.6 Å². The number of nitrogens with zero attached hydrogens (tertiary/aromatic N) is 2. The second-order valence-corrected chi connectivity index (χ2v) is 8.64. The van der Waals surface area contributed by atoms with Crippen LogP contribution >= 0.6 is 0 Å². The molecule has 1 aromatic heterocycles. The van der Waals surface area contributed by atoms with Crippen molar-refractivity contribution in [3.8, 4) is 0 Å². The molecule has 30 heavy (non-hydrogen) atoms. The smallest absolute Gasteiger partial charge is 0.407 e. The topological polar surface area (TPSA) is 115 Å². The minimum Gasteiger partial charge on any atom is -0.444 e. The maximum absolute atomic E-state index is 14.1. The molecule has 3 atom stereocenters. The zero-order chi connectivity index (χ0) is 22.7. The first-order chi connectivity index (χ1) is 13.8. The molecule has 9 nitrogen and oxygen atoms in total. The first kappa shape index (κ1) is 24.0. The predicted molar refractivity (Wildman–Crippen MR) is 106 cm³/mol. The van der Waals surface area contributed by atoms with Gasteiger partial charge in [0.25, 0.3) is 5.92 Å². The van der Waals surface area contributed by atoms with Crippen molar-refractivity contribution >= 4 is 11.9 Å². The monoisotopic (exact) mass is 432 g/mol. The molecule has 1 amide bonds. The molecule has 1 unspecified atom stereocenters. The van der Waals surface area contributed by atoms with E-state index in [4.69, 9.17) is 14.6 Å². The summed E-state index contributed by atoms with van der Waals surface area (Å²) in [5.41, 5.74) is -1.55. The summed E-state index contributed by atoms with van der Waals surface area (Å²) in [7, 11) is 0. The van der Waals surface area contributed by atoms with E-state index in [1.807, 2.05) is 13.8 Å². The molecule has 11 heteroatoms. The highest BCUT2D eigenvalue weighted by Crippen LogP contribution is 2.41. The summed E-state index contributed by atoms with van der Waals surface area (Å²) in [5, 5.41) is 14.7. The summed E-state index contributed by atoms with van der Waals surface area (Å²) < 4.78 is 39.3. The molecule has 1 aliphatic heterocycles. The van der Waals surface area contributed by atoms with Gasteiger partial charge in [-0.15, -0.1) is 0 Å². The Hall–Kier alpha value is -2.27. The van der Waals surface area contributed by atoms with Crippen LogP contribution in [0, 0.1) is 5.92 Å². The minimum absolute atomic E-state index is 0.0476. The van der Waals surface area contributed by atoms with Crippen molar-refractivity contribution in [3.63, 3.8) is 0 Å². The van der Waals surface area contributed by atoms with Gasteiger partial charge in [0.05, 0.1) is 18.8 Å². The number of carbonyl (C=O) groups excluding carboxylic acids is 1. The maximum Gasteiger partial charge on any atom is 0.407 e. The van der Waals surface area contributed by atoms with Gasteiger partial charge < -0.3 is 25.2 Å². The van der Waals surface area contributed by atoms with E-state index in [2.05, 4.69) is 15.6 Å². The van der Waals surface area contributed by atoms with Crippen LogP contribution in [0.1, 0.15) is 47.3 Å². The van der Waals surface area contributed by atoms with Crippen LogP contribution < -0.4 is 16.3 Å². The van der Waals surface area contributed by atoms with Crippen LogP contribution in [0.4, 0.5) is 19.4 Å². The lowest BCUT2D eigenvalue weighted by Gasteiger charge is -2.26. The molecule has 1 aliphatic rings. The van der Waals surface area contributed by atoms with Crippen LogP contribution in [0.3, 0.4) is 0 Å². The van der Waals surface area contributed by atoms with E-state index >= 15 is 0 Å². The Kier molecular flexibility index (Phi) is 7.40. The Morgan fingerprint density at radius 3 is 2.63 bits per heavy atom. The number of nitrogens with one attached hydrogen (secondary N) is 2. The number of aromatic nitrogens is 2. The largest absolute Gasteiger partial charge is 0.444 e. The number of alkyl halides is 2. The van der Waals surface area contributed by atoms with Crippen LogP contribution in [0.5, 0.6) is 0 Å². The number of ether oxygens (including phenoxy) is 2. The Labute approximate surface area is 173 Å². The highest BCUT2D eigenvalue weighted by Gasteiger charge is 2.51. The van der Waals surface area contributed by atoms with Crippen LogP contribution in [-0.2, 0) is 9.47 Å². The minimum atomic E-state index is -3.30. The van der Waals surface area contributed by atoms with Gasteiger partial charge in [0, 0.05) is 19.2 Å². The molecule has 0 saturated carbocycles. The number of carbonyl (C=O) groups is 1. The molecule has 3 N–H and O–H groups in total. The maximum atomic E-state index is 14.1. The van der Waals surface area contributed by atoms with Gasteiger partial charge in [0.1, 0.15) is 11.4 Å². The summed E-state index contributed by atoms with van der Waals surface area (Å²) in [6.45, 7) is 8.78. The molecule has 1 fully saturated rings. The van der Waals surface area contributed by atoms with E-state index in [0.29, 0.717) is 4.57 Å². The fourth-order valence-electron chi connectivity index (χ4n) is 2.93. The molecular formula is C19H30F2N4O5. The van der Waals surface area contributed by atoms with Crippen LogP contribution in [0.2, 0.25) is 0 Å². The van der Waals surface area contributed by atoms with Crippen molar-refractivity contribution in [1.82, 2.24) is 14.9 Å². The fourth-order valence-corrected chi connectivity index (χ4v) is 2.93. The van der Waals surface area contributed by atoms with Gasteiger partial charge in [-0.2, -0.15) is 4.98 Å². The quantitative estimate of drug-likeness (QED) is 0.605. The van der Waals surface area contributed by atoms with Gasteiger partial charge in [-0.1, -0.05) is 13.8 Å². The second kappa shape index (κ2) is 9.25. The number of hydrogen-bond donors (Lipinski definition) is 3. The lowest BCUT2D eigenvalue weighted by molar-refractivity contribution is -0.120. The third kappa shape index (κ3) is 6.36. The molecular weight excluding hydrogens is 402 g/mol. The van der Waals surface area contributed by atoms with Gasteiger partial charge in [-0.3, -0.25) is 4.57 Å². The molecule has 0 spiro atoms. The van der Waals surface area contributed by atoms with Crippen molar-refractivity contribution in [1.29, 1.82) is 0 Å². The van der Waals surface area contributed by atoms with Crippen molar-refractivity contribution in [3.05, 3.63) is 22.7 Å². The van der Waals surface area contributed by atoms with Crippen molar-refractivity contribution < 1.29 is 28.2 Å². The molecule has 0 bridgehead atoms. The Morgan fingerprint density at radius 2 is 2.13 bits per heavy atom. The summed E-state index contributed by atoms with van der Waals surface area (Å²) in [5.74, 6) is -3.08. The molecule has 1 aromatic rings.